The molecule has 0 aliphatic rings. The maximum atomic E-state index is 12.0. The third-order valence-corrected chi connectivity index (χ3v) is 3.87. The van der Waals surface area contributed by atoms with Crippen LogP contribution in [-0.4, -0.2) is 31.7 Å². The molecule has 0 radical (unpaired) electrons. The zero-order valence-corrected chi connectivity index (χ0v) is 16.1. The van der Waals surface area contributed by atoms with Gasteiger partial charge in [0, 0.05) is 12.0 Å². The summed E-state index contributed by atoms with van der Waals surface area (Å²) < 4.78 is 10.6. The van der Waals surface area contributed by atoms with Crippen LogP contribution in [0.5, 0.6) is 11.5 Å². The molecule has 1 aromatic heterocycles. The minimum absolute atomic E-state index is 0.0338. The maximum absolute atomic E-state index is 12.0. The summed E-state index contributed by atoms with van der Waals surface area (Å²) in [4.78, 5) is 16.3. The Hall–Kier alpha value is -2.76. The molecular weight excluding hydrogens is 330 g/mol. The van der Waals surface area contributed by atoms with Gasteiger partial charge in [-0.3, -0.25) is 4.79 Å². The average molecular weight is 357 g/mol. The fourth-order valence-corrected chi connectivity index (χ4v) is 2.26. The van der Waals surface area contributed by atoms with E-state index in [0.717, 1.165) is 35.8 Å². The lowest BCUT2D eigenvalue weighted by Gasteiger charge is -2.17. The Morgan fingerprint density at radius 2 is 1.81 bits per heavy atom. The summed E-state index contributed by atoms with van der Waals surface area (Å²) in [5.41, 5.74) is 1.40. The van der Waals surface area contributed by atoms with Crippen molar-refractivity contribution in [2.24, 2.45) is 5.41 Å². The van der Waals surface area contributed by atoms with Crippen LogP contribution in [0.25, 0.3) is 0 Å². The molecule has 0 atom stereocenters. The van der Waals surface area contributed by atoms with Crippen LogP contribution in [0.1, 0.15) is 26.3 Å². The summed E-state index contributed by atoms with van der Waals surface area (Å²) in [5.74, 6) is 2.17. The van der Waals surface area contributed by atoms with Crippen LogP contribution >= 0.6 is 0 Å². The lowest BCUT2D eigenvalue weighted by molar-refractivity contribution is -0.123. The van der Waals surface area contributed by atoms with Gasteiger partial charge in [-0.2, -0.15) is 0 Å². The summed E-state index contributed by atoms with van der Waals surface area (Å²) in [7, 11) is 3.25. The molecule has 2 N–H and O–H groups in total. The average Bonchev–Trinajstić information content (AvgIpc) is 2.62. The van der Waals surface area contributed by atoms with E-state index in [0.29, 0.717) is 5.69 Å². The molecule has 0 unspecified atom stereocenters. The highest BCUT2D eigenvalue weighted by Crippen LogP contribution is 2.27. The monoisotopic (exact) mass is 357 g/mol. The van der Waals surface area contributed by atoms with Gasteiger partial charge in [-0.1, -0.05) is 26.8 Å². The van der Waals surface area contributed by atoms with Gasteiger partial charge in [-0.25, -0.2) is 4.98 Å². The zero-order valence-electron chi connectivity index (χ0n) is 16.1. The molecule has 0 aliphatic carbocycles. The second-order valence-electron chi connectivity index (χ2n) is 7.00. The van der Waals surface area contributed by atoms with Gasteiger partial charge in [-0.15, -0.1) is 0 Å². The zero-order chi connectivity index (χ0) is 19.2. The lowest BCUT2D eigenvalue weighted by atomic mass is 9.96. The molecule has 6 heteroatoms. The van der Waals surface area contributed by atoms with Crippen LogP contribution < -0.4 is 20.1 Å². The predicted molar refractivity (Wildman–Crippen MR) is 104 cm³/mol. The number of nitrogens with one attached hydrogen (secondary N) is 2. The second kappa shape index (κ2) is 8.56. The molecule has 1 heterocycles. The highest BCUT2D eigenvalue weighted by molar-refractivity contribution is 5.94. The first-order valence-electron chi connectivity index (χ1n) is 8.56. The van der Waals surface area contributed by atoms with Crippen LogP contribution in [0.2, 0.25) is 0 Å². The van der Waals surface area contributed by atoms with E-state index in [-0.39, 0.29) is 5.91 Å². The topological polar surface area (TPSA) is 72.5 Å². The Morgan fingerprint density at radius 3 is 2.38 bits per heavy atom. The number of carbonyl (C=O) groups is 1. The smallest absolute Gasteiger partial charge is 0.229 e. The molecule has 0 saturated carbocycles. The van der Waals surface area contributed by atoms with Crippen molar-refractivity contribution in [1.29, 1.82) is 0 Å². The van der Waals surface area contributed by atoms with Crippen LogP contribution in [0.4, 0.5) is 11.5 Å². The van der Waals surface area contributed by atoms with Crippen molar-refractivity contribution in [1.82, 2.24) is 4.98 Å². The van der Waals surface area contributed by atoms with Gasteiger partial charge in [0.1, 0.15) is 5.82 Å². The van der Waals surface area contributed by atoms with Crippen molar-refractivity contribution in [2.75, 3.05) is 31.4 Å². The molecule has 140 valence electrons. The molecule has 26 heavy (non-hydrogen) atoms. The number of pyridine rings is 1. The summed E-state index contributed by atoms with van der Waals surface area (Å²) in [6, 6.07) is 9.59. The van der Waals surface area contributed by atoms with E-state index in [1.807, 2.05) is 51.1 Å². The second-order valence-corrected chi connectivity index (χ2v) is 7.00. The minimum Gasteiger partial charge on any atom is -0.493 e. The fraction of sp³-hybridized carbons (Fsp3) is 0.400. The normalized spacial score (nSPS) is 11.0. The first-order chi connectivity index (χ1) is 12.3. The third kappa shape index (κ3) is 5.37. The van der Waals surface area contributed by atoms with E-state index in [2.05, 4.69) is 15.6 Å². The van der Waals surface area contributed by atoms with E-state index >= 15 is 0 Å². The van der Waals surface area contributed by atoms with Gasteiger partial charge < -0.3 is 20.1 Å². The van der Waals surface area contributed by atoms with Crippen LogP contribution in [0.3, 0.4) is 0 Å². The lowest BCUT2D eigenvalue weighted by Crippen LogP contribution is -2.27. The van der Waals surface area contributed by atoms with Crippen LogP contribution in [0.15, 0.2) is 36.5 Å². The van der Waals surface area contributed by atoms with Gasteiger partial charge in [-0.05, 0) is 36.2 Å². The van der Waals surface area contributed by atoms with Gasteiger partial charge in [0.05, 0.1) is 26.1 Å². The first-order valence-corrected chi connectivity index (χ1v) is 8.56. The summed E-state index contributed by atoms with van der Waals surface area (Å²) >= 11 is 0. The molecular formula is C20H27N3O3. The highest BCUT2D eigenvalue weighted by atomic mass is 16.5. The number of aromatic nitrogens is 1. The Morgan fingerprint density at radius 1 is 1.08 bits per heavy atom. The van der Waals surface area contributed by atoms with E-state index in [1.165, 1.54) is 0 Å². The predicted octanol–water partition coefficient (Wildman–Crippen LogP) is 3.74. The fourth-order valence-electron chi connectivity index (χ4n) is 2.26. The third-order valence-electron chi connectivity index (χ3n) is 3.87. The number of methoxy groups -OCH3 is 2. The molecule has 0 saturated heterocycles. The van der Waals surface area contributed by atoms with Crippen molar-refractivity contribution >= 4 is 17.4 Å². The van der Waals surface area contributed by atoms with E-state index < -0.39 is 5.41 Å². The molecule has 0 fully saturated rings. The number of anilines is 2. The van der Waals surface area contributed by atoms with Gasteiger partial charge in [0.25, 0.3) is 0 Å². The Kier molecular flexibility index (Phi) is 6.44. The molecule has 0 bridgehead atoms. The number of carbonyl (C=O) groups excluding carboxylic acids is 1. The molecule has 0 aliphatic heterocycles. The Labute approximate surface area is 154 Å². The molecule has 6 nitrogen and oxygen atoms in total. The van der Waals surface area contributed by atoms with Gasteiger partial charge in [0.15, 0.2) is 11.5 Å². The Balaban J connectivity index is 1.87. The van der Waals surface area contributed by atoms with Crippen molar-refractivity contribution in [2.45, 2.75) is 27.2 Å². The Bertz CT molecular complexity index is 737. The number of ether oxygens (including phenoxy) is 2. The first kappa shape index (κ1) is 19.6. The minimum atomic E-state index is -0.434. The largest absolute Gasteiger partial charge is 0.493 e. The van der Waals surface area contributed by atoms with Gasteiger partial charge in [0.2, 0.25) is 5.91 Å². The van der Waals surface area contributed by atoms with Crippen LogP contribution in [0, 0.1) is 5.41 Å². The highest BCUT2D eigenvalue weighted by Gasteiger charge is 2.21. The number of hydrogen-bond acceptors (Lipinski definition) is 5. The number of benzene rings is 1. The molecule has 0 spiro atoms. The number of hydrogen-bond donors (Lipinski definition) is 2. The standard InChI is InChI=1S/C20H27N3O3/c1-20(2,3)19(24)23-15-7-9-18(22-13-15)21-11-10-14-6-8-16(25-4)17(12-14)26-5/h6-9,12-13H,10-11H2,1-5H3,(H,21,22)(H,23,24). The summed E-state index contributed by atoms with van der Waals surface area (Å²) in [6.45, 7) is 6.36. The number of nitrogens with zero attached hydrogens (tertiary/aromatic N) is 1. The van der Waals surface area contributed by atoms with Crippen molar-refractivity contribution in [3.63, 3.8) is 0 Å². The molecule has 2 aromatic rings. The number of rotatable bonds is 7. The van der Waals surface area contributed by atoms with E-state index in [9.17, 15) is 4.79 Å². The molecule has 1 aromatic carbocycles. The van der Waals surface area contributed by atoms with Gasteiger partial charge >= 0.3 is 0 Å². The van der Waals surface area contributed by atoms with Crippen LogP contribution in [-0.2, 0) is 11.2 Å². The van der Waals surface area contributed by atoms with Crippen molar-refractivity contribution in [3.05, 3.63) is 42.1 Å². The summed E-state index contributed by atoms with van der Waals surface area (Å²) in [6.07, 6.45) is 2.48. The van der Waals surface area contributed by atoms with Crippen molar-refractivity contribution in [3.8, 4) is 11.5 Å². The quantitative estimate of drug-likeness (QED) is 0.790. The summed E-state index contributed by atoms with van der Waals surface area (Å²) in [5, 5.41) is 6.13. The SMILES string of the molecule is COc1ccc(CCNc2ccc(NC(=O)C(C)(C)C)cn2)cc1OC. The van der Waals surface area contributed by atoms with E-state index in [4.69, 9.17) is 9.47 Å². The number of amides is 1. The van der Waals surface area contributed by atoms with Crippen molar-refractivity contribution < 1.29 is 14.3 Å². The molecule has 1 amide bonds. The maximum Gasteiger partial charge on any atom is 0.229 e. The van der Waals surface area contributed by atoms with E-state index in [1.54, 1.807) is 20.4 Å². The molecule has 2 rings (SSSR count).